The van der Waals surface area contributed by atoms with Crippen LogP contribution in [0.3, 0.4) is 0 Å². The molecule has 0 unspecified atom stereocenters. The number of hydrogen-bond donors (Lipinski definition) is 2. The molecule has 0 bridgehead atoms. The van der Waals surface area contributed by atoms with Gasteiger partial charge in [0.25, 0.3) is 0 Å². The molecule has 1 aromatic carbocycles. The van der Waals surface area contributed by atoms with Gasteiger partial charge in [0.1, 0.15) is 5.82 Å². The fourth-order valence-electron chi connectivity index (χ4n) is 1.29. The monoisotopic (exact) mass is 241 g/mol. The van der Waals surface area contributed by atoms with E-state index in [1.54, 1.807) is 0 Å². The van der Waals surface area contributed by atoms with Crippen molar-refractivity contribution in [3.8, 4) is 0 Å². The van der Waals surface area contributed by atoms with Gasteiger partial charge in [0.2, 0.25) is 0 Å². The number of ether oxygens (including phenoxy) is 1. The Kier molecular flexibility index (Phi) is 5.42. The molecule has 94 valence electrons. The minimum Gasteiger partial charge on any atom is -0.462 e. The molecule has 4 nitrogen and oxygen atoms in total. The molecule has 0 aliphatic carbocycles. The summed E-state index contributed by atoms with van der Waals surface area (Å²) in [6.07, 6.45) is 2.16. The van der Waals surface area contributed by atoms with Crippen molar-refractivity contribution in [3.63, 3.8) is 0 Å². The van der Waals surface area contributed by atoms with Crippen LogP contribution in [0.2, 0.25) is 0 Å². The Morgan fingerprint density at radius 2 is 2.12 bits per heavy atom. The second kappa shape index (κ2) is 6.85. The third kappa shape index (κ3) is 4.40. The van der Waals surface area contributed by atoms with E-state index in [1.165, 1.54) is 12.1 Å². The Bertz CT molecular complexity index is 382. The molecule has 0 fully saturated rings. The zero-order valence-corrected chi connectivity index (χ0v) is 9.49. The summed E-state index contributed by atoms with van der Waals surface area (Å²) in [6.45, 7) is 0.405. The van der Waals surface area contributed by atoms with Gasteiger partial charge in [-0.25, -0.2) is 9.18 Å². The van der Waals surface area contributed by atoms with E-state index in [9.17, 15) is 9.18 Å². The van der Waals surface area contributed by atoms with E-state index in [2.05, 4.69) is 0 Å². The Balaban J connectivity index is 2.39. The Morgan fingerprint density at radius 3 is 2.76 bits per heavy atom. The zero-order chi connectivity index (χ0) is 12.7. The van der Waals surface area contributed by atoms with Crippen molar-refractivity contribution in [2.45, 2.75) is 19.3 Å². The molecular formula is C12H16FNO3. The summed E-state index contributed by atoms with van der Waals surface area (Å²) in [5.74, 6) is -1.19. The number of rotatable bonds is 6. The van der Waals surface area contributed by atoms with Crippen LogP contribution in [0.15, 0.2) is 18.2 Å². The fourth-order valence-corrected chi connectivity index (χ4v) is 1.29. The van der Waals surface area contributed by atoms with E-state index in [0.717, 1.165) is 12.5 Å². The summed E-state index contributed by atoms with van der Waals surface area (Å²) in [6, 6.07) is 3.82. The minimum absolute atomic E-state index is 0.00416. The van der Waals surface area contributed by atoms with Crippen LogP contribution in [0, 0.1) is 5.82 Å². The highest BCUT2D eigenvalue weighted by molar-refractivity contribution is 5.89. The predicted molar refractivity (Wildman–Crippen MR) is 62.0 cm³/mol. The van der Waals surface area contributed by atoms with E-state index >= 15 is 0 Å². The lowest BCUT2D eigenvalue weighted by Gasteiger charge is -2.05. The third-order valence-electron chi connectivity index (χ3n) is 2.27. The Morgan fingerprint density at radius 1 is 1.35 bits per heavy atom. The number of aliphatic hydroxyl groups excluding tert-OH is 1. The van der Waals surface area contributed by atoms with E-state index in [-0.39, 0.29) is 24.5 Å². The number of esters is 1. The number of nitrogen functional groups attached to an aromatic ring is 1. The first kappa shape index (κ1) is 13.4. The van der Waals surface area contributed by atoms with Crippen molar-refractivity contribution < 1.29 is 19.0 Å². The molecule has 17 heavy (non-hydrogen) atoms. The summed E-state index contributed by atoms with van der Waals surface area (Å²) >= 11 is 0. The molecule has 3 N–H and O–H groups in total. The molecule has 0 heterocycles. The van der Waals surface area contributed by atoms with Crippen molar-refractivity contribution in [1.82, 2.24) is 0 Å². The molecule has 0 saturated heterocycles. The molecule has 1 rings (SSSR count). The van der Waals surface area contributed by atoms with Crippen LogP contribution in [0.5, 0.6) is 0 Å². The lowest BCUT2D eigenvalue weighted by molar-refractivity contribution is 0.0496. The summed E-state index contributed by atoms with van der Waals surface area (Å²) < 4.78 is 18.0. The lowest BCUT2D eigenvalue weighted by atomic mass is 10.2. The summed E-state index contributed by atoms with van der Waals surface area (Å²) in [4.78, 5) is 11.5. The number of hydrogen-bond acceptors (Lipinski definition) is 4. The maximum atomic E-state index is 13.1. The predicted octanol–water partition coefficient (Wildman–Crippen LogP) is 1.73. The highest BCUT2D eigenvalue weighted by atomic mass is 19.1. The number of carbonyl (C=O) groups excluding carboxylic acids is 1. The van der Waals surface area contributed by atoms with Crippen molar-refractivity contribution in [3.05, 3.63) is 29.6 Å². The van der Waals surface area contributed by atoms with Crippen LogP contribution < -0.4 is 5.73 Å². The van der Waals surface area contributed by atoms with Gasteiger partial charge in [-0.2, -0.15) is 0 Å². The number of carbonyl (C=O) groups is 1. The van der Waals surface area contributed by atoms with E-state index in [0.29, 0.717) is 12.8 Å². The van der Waals surface area contributed by atoms with Gasteiger partial charge in [0.05, 0.1) is 17.9 Å². The molecule has 0 spiro atoms. The van der Waals surface area contributed by atoms with Gasteiger partial charge in [-0.3, -0.25) is 0 Å². The summed E-state index contributed by atoms with van der Waals surface area (Å²) in [5, 5.41) is 8.55. The SMILES string of the molecule is Nc1ccc(C(=O)OCCCCCO)cc1F. The van der Waals surface area contributed by atoms with Crippen molar-refractivity contribution in [1.29, 1.82) is 0 Å². The fraction of sp³-hybridized carbons (Fsp3) is 0.417. The second-order valence-corrected chi connectivity index (χ2v) is 3.66. The molecule has 0 aliphatic rings. The number of halogens is 1. The van der Waals surface area contributed by atoms with Crippen LogP contribution in [-0.4, -0.2) is 24.3 Å². The molecule has 0 radical (unpaired) electrons. The first-order chi connectivity index (χ1) is 8.15. The molecule has 0 amide bonds. The quantitative estimate of drug-likeness (QED) is 0.452. The maximum Gasteiger partial charge on any atom is 0.338 e. The molecule has 0 saturated carbocycles. The van der Waals surface area contributed by atoms with Crippen molar-refractivity contribution in [2.75, 3.05) is 18.9 Å². The standard InChI is InChI=1S/C12H16FNO3/c13-10-8-9(4-5-11(10)14)12(16)17-7-3-1-2-6-15/h4-5,8,15H,1-3,6-7,14H2. The van der Waals surface area contributed by atoms with Crippen LogP contribution >= 0.6 is 0 Å². The second-order valence-electron chi connectivity index (χ2n) is 3.66. The average molecular weight is 241 g/mol. The van der Waals surface area contributed by atoms with Crippen LogP contribution in [0.1, 0.15) is 29.6 Å². The van der Waals surface area contributed by atoms with Crippen molar-refractivity contribution >= 4 is 11.7 Å². The van der Waals surface area contributed by atoms with Gasteiger partial charge in [-0.15, -0.1) is 0 Å². The van der Waals surface area contributed by atoms with Gasteiger partial charge in [0, 0.05) is 6.61 Å². The smallest absolute Gasteiger partial charge is 0.338 e. The number of benzene rings is 1. The van der Waals surface area contributed by atoms with Gasteiger partial charge in [-0.1, -0.05) is 0 Å². The normalized spacial score (nSPS) is 10.2. The van der Waals surface area contributed by atoms with Gasteiger partial charge < -0.3 is 15.6 Å². The Hall–Kier alpha value is -1.62. The van der Waals surface area contributed by atoms with Crippen molar-refractivity contribution in [2.24, 2.45) is 0 Å². The van der Waals surface area contributed by atoms with E-state index in [1.807, 2.05) is 0 Å². The summed E-state index contributed by atoms with van der Waals surface area (Å²) in [7, 11) is 0. The van der Waals surface area contributed by atoms with Crippen LogP contribution in [-0.2, 0) is 4.74 Å². The Labute approximate surface area is 99.2 Å². The first-order valence-electron chi connectivity index (χ1n) is 5.48. The average Bonchev–Trinajstić information content (AvgIpc) is 2.32. The van der Waals surface area contributed by atoms with Gasteiger partial charge >= 0.3 is 5.97 Å². The van der Waals surface area contributed by atoms with Crippen LogP contribution in [0.25, 0.3) is 0 Å². The maximum absolute atomic E-state index is 13.1. The van der Waals surface area contributed by atoms with Gasteiger partial charge in [0.15, 0.2) is 0 Å². The number of unbranched alkanes of at least 4 members (excludes halogenated alkanes) is 2. The minimum atomic E-state index is -0.625. The molecule has 0 atom stereocenters. The van der Waals surface area contributed by atoms with Gasteiger partial charge in [-0.05, 0) is 37.5 Å². The molecule has 0 aromatic heterocycles. The highest BCUT2D eigenvalue weighted by Gasteiger charge is 2.09. The third-order valence-corrected chi connectivity index (χ3v) is 2.27. The largest absolute Gasteiger partial charge is 0.462 e. The summed E-state index contributed by atoms with van der Waals surface area (Å²) in [5.41, 5.74) is 5.45. The lowest BCUT2D eigenvalue weighted by Crippen LogP contribution is -2.07. The number of anilines is 1. The van der Waals surface area contributed by atoms with E-state index < -0.39 is 11.8 Å². The van der Waals surface area contributed by atoms with Crippen LogP contribution in [0.4, 0.5) is 10.1 Å². The molecule has 1 aromatic rings. The molecular weight excluding hydrogens is 225 g/mol. The topological polar surface area (TPSA) is 72.6 Å². The molecule has 0 aliphatic heterocycles. The number of aliphatic hydroxyl groups is 1. The first-order valence-corrected chi connectivity index (χ1v) is 5.48. The zero-order valence-electron chi connectivity index (χ0n) is 9.49. The highest BCUT2D eigenvalue weighted by Crippen LogP contribution is 2.12. The van der Waals surface area contributed by atoms with E-state index in [4.69, 9.17) is 15.6 Å². The molecule has 5 heteroatoms. The number of nitrogens with two attached hydrogens (primary N) is 1.